The van der Waals surface area contributed by atoms with Crippen LogP contribution in [0.25, 0.3) is 0 Å². The lowest BCUT2D eigenvalue weighted by atomic mass is 10.1. The fraction of sp³-hybridized carbons (Fsp3) is 0. The first-order valence-electron chi connectivity index (χ1n) is 4.92. The maximum atomic E-state index is 11.9. The minimum Gasteiger partial charge on any atom is -0.398 e. The SMILES string of the molecule is Nc1cc(Br)ccc1C(=O)Nc1ccc(Cl)nn1. The van der Waals surface area contributed by atoms with Gasteiger partial charge in [0.2, 0.25) is 0 Å². The van der Waals surface area contributed by atoms with Crippen molar-refractivity contribution >= 4 is 44.9 Å². The number of nitrogen functional groups attached to an aromatic ring is 1. The molecule has 0 spiro atoms. The van der Waals surface area contributed by atoms with Gasteiger partial charge in [-0.05, 0) is 30.3 Å². The third-order valence-electron chi connectivity index (χ3n) is 2.13. The molecule has 1 aromatic heterocycles. The topological polar surface area (TPSA) is 80.9 Å². The number of benzene rings is 1. The second-order valence-corrected chi connectivity index (χ2v) is 4.73. The first kappa shape index (κ1) is 12.8. The molecule has 5 nitrogen and oxygen atoms in total. The summed E-state index contributed by atoms with van der Waals surface area (Å²) in [6, 6.07) is 8.11. The number of aromatic nitrogens is 2. The average molecular weight is 328 g/mol. The van der Waals surface area contributed by atoms with E-state index in [0.717, 1.165) is 4.47 Å². The second-order valence-electron chi connectivity index (χ2n) is 3.43. The van der Waals surface area contributed by atoms with Crippen LogP contribution in [-0.2, 0) is 0 Å². The first-order valence-corrected chi connectivity index (χ1v) is 6.09. The average Bonchev–Trinajstić information content (AvgIpc) is 2.32. The Morgan fingerprint density at radius 2 is 2.06 bits per heavy atom. The molecule has 0 aliphatic carbocycles. The number of nitrogens with one attached hydrogen (secondary N) is 1. The van der Waals surface area contributed by atoms with Gasteiger partial charge < -0.3 is 11.1 Å². The number of nitrogens with zero attached hydrogens (tertiary/aromatic N) is 2. The number of carbonyl (C=O) groups excluding carboxylic acids is 1. The highest BCUT2D eigenvalue weighted by Crippen LogP contribution is 2.19. The van der Waals surface area contributed by atoms with E-state index < -0.39 is 0 Å². The number of halogens is 2. The maximum absolute atomic E-state index is 11.9. The molecule has 1 amide bonds. The number of anilines is 2. The van der Waals surface area contributed by atoms with Crippen LogP contribution in [0.5, 0.6) is 0 Å². The number of nitrogens with two attached hydrogens (primary N) is 1. The summed E-state index contributed by atoms with van der Waals surface area (Å²) in [7, 11) is 0. The Kier molecular flexibility index (Phi) is 3.78. The molecule has 92 valence electrons. The minimum atomic E-state index is -0.350. The summed E-state index contributed by atoms with van der Waals surface area (Å²) in [4.78, 5) is 11.9. The first-order chi connectivity index (χ1) is 8.56. The molecule has 0 bridgehead atoms. The smallest absolute Gasteiger partial charge is 0.258 e. The van der Waals surface area contributed by atoms with Gasteiger partial charge in [0, 0.05) is 10.2 Å². The van der Waals surface area contributed by atoms with Gasteiger partial charge in [0.25, 0.3) is 5.91 Å². The molecule has 0 saturated heterocycles. The molecular formula is C11H8BrClN4O. The van der Waals surface area contributed by atoms with Crippen LogP contribution in [0.4, 0.5) is 11.5 Å². The highest BCUT2D eigenvalue weighted by atomic mass is 79.9. The second kappa shape index (κ2) is 5.32. The molecule has 7 heteroatoms. The van der Waals surface area contributed by atoms with E-state index in [0.29, 0.717) is 17.1 Å². The fourth-order valence-corrected chi connectivity index (χ4v) is 1.79. The normalized spacial score (nSPS) is 10.1. The van der Waals surface area contributed by atoms with E-state index in [2.05, 4.69) is 31.4 Å². The summed E-state index contributed by atoms with van der Waals surface area (Å²) in [5.41, 5.74) is 6.50. The van der Waals surface area contributed by atoms with Crippen molar-refractivity contribution in [2.75, 3.05) is 11.1 Å². The molecule has 18 heavy (non-hydrogen) atoms. The molecule has 2 rings (SSSR count). The Hall–Kier alpha value is -1.66. The van der Waals surface area contributed by atoms with Gasteiger partial charge in [-0.25, -0.2) is 0 Å². The fourth-order valence-electron chi connectivity index (χ4n) is 1.31. The highest BCUT2D eigenvalue weighted by molar-refractivity contribution is 9.10. The van der Waals surface area contributed by atoms with Gasteiger partial charge in [-0.1, -0.05) is 27.5 Å². The summed E-state index contributed by atoms with van der Waals surface area (Å²) < 4.78 is 0.808. The van der Waals surface area contributed by atoms with Crippen molar-refractivity contribution in [2.24, 2.45) is 0 Å². The Labute approximate surface area is 116 Å². The van der Waals surface area contributed by atoms with E-state index in [4.69, 9.17) is 17.3 Å². The monoisotopic (exact) mass is 326 g/mol. The molecule has 0 unspecified atom stereocenters. The van der Waals surface area contributed by atoms with Gasteiger partial charge in [0.1, 0.15) is 0 Å². The quantitative estimate of drug-likeness (QED) is 0.831. The van der Waals surface area contributed by atoms with Crippen molar-refractivity contribution < 1.29 is 4.79 Å². The van der Waals surface area contributed by atoms with E-state index in [1.165, 1.54) is 6.07 Å². The Balaban J connectivity index is 2.19. The zero-order valence-corrected chi connectivity index (χ0v) is 11.4. The van der Waals surface area contributed by atoms with Gasteiger partial charge in [-0.15, -0.1) is 10.2 Å². The summed E-state index contributed by atoms with van der Waals surface area (Å²) in [6.45, 7) is 0. The summed E-state index contributed by atoms with van der Waals surface area (Å²) in [5, 5.41) is 10.2. The predicted octanol–water partition coefficient (Wildman–Crippen LogP) is 2.73. The zero-order valence-electron chi connectivity index (χ0n) is 9.02. The predicted molar refractivity (Wildman–Crippen MR) is 73.5 cm³/mol. The highest BCUT2D eigenvalue weighted by Gasteiger charge is 2.10. The summed E-state index contributed by atoms with van der Waals surface area (Å²) in [5.74, 6) is -0.0386. The van der Waals surface area contributed by atoms with Crippen molar-refractivity contribution in [3.8, 4) is 0 Å². The zero-order chi connectivity index (χ0) is 13.1. The van der Waals surface area contributed by atoms with Crippen molar-refractivity contribution in [1.82, 2.24) is 10.2 Å². The van der Waals surface area contributed by atoms with Crippen LogP contribution in [0.15, 0.2) is 34.8 Å². The van der Waals surface area contributed by atoms with Crippen LogP contribution in [0.3, 0.4) is 0 Å². The Bertz CT molecular complexity index is 588. The molecule has 0 radical (unpaired) electrons. The van der Waals surface area contributed by atoms with Crippen LogP contribution >= 0.6 is 27.5 Å². The van der Waals surface area contributed by atoms with E-state index in [1.807, 2.05) is 0 Å². The molecule has 2 aromatic rings. The number of amides is 1. The largest absolute Gasteiger partial charge is 0.398 e. The summed E-state index contributed by atoms with van der Waals surface area (Å²) >= 11 is 8.87. The van der Waals surface area contributed by atoms with Crippen LogP contribution < -0.4 is 11.1 Å². The number of hydrogen-bond donors (Lipinski definition) is 2. The minimum absolute atomic E-state index is 0.260. The van der Waals surface area contributed by atoms with E-state index >= 15 is 0 Å². The van der Waals surface area contributed by atoms with E-state index in [-0.39, 0.29) is 11.1 Å². The lowest BCUT2D eigenvalue weighted by Gasteiger charge is -2.06. The molecule has 3 N–H and O–H groups in total. The number of rotatable bonds is 2. The van der Waals surface area contributed by atoms with Gasteiger partial charge in [-0.2, -0.15) is 0 Å². The number of carbonyl (C=O) groups is 1. The van der Waals surface area contributed by atoms with Crippen LogP contribution in [-0.4, -0.2) is 16.1 Å². The van der Waals surface area contributed by atoms with Gasteiger partial charge in [-0.3, -0.25) is 4.79 Å². The van der Waals surface area contributed by atoms with Gasteiger partial charge in [0.05, 0.1) is 5.56 Å². The van der Waals surface area contributed by atoms with Crippen molar-refractivity contribution in [3.63, 3.8) is 0 Å². The molecule has 0 aliphatic heterocycles. The molecule has 0 aliphatic rings. The lowest BCUT2D eigenvalue weighted by molar-refractivity contribution is 0.102. The molecule has 0 saturated carbocycles. The molecular weight excluding hydrogens is 320 g/mol. The summed E-state index contributed by atoms with van der Waals surface area (Å²) in [6.07, 6.45) is 0. The third kappa shape index (κ3) is 2.96. The lowest BCUT2D eigenvalue weighted by Crippen LogP contribution is -2.15. The van der Waals surface area contributed by atoms with Crippen LogP contribution in [0.1, 0.15) is 10.4 Å². The van der Waals surface area contributed by atoms with E-state index in [1.54, 1.807) is 24.3 Å². The van der Waals surface area contributed by atoms with Crippen molar-refractivity contribution in [2.45, 2.75) is 0 Å². The maximum Gasteiger partial charge on any atom is 0.258 e. The Morgan fingerprint density at radius 3 is 2.67 bits per heavy atom. The van der Waals surface area contributed by atoms with Gasteiger partial charge >= 0.3 is 0 Å². The molecule has 1 aromatic carbocycles. The van der Waals surface area contributed by atoms with Crippen molar-refractivity contribution in [1.29, 1.82) is 0 Å². The van der Waals surface area contributed by atoms with Crippen molar-refractivity contribution in [3.05, 3.63) is 45.5 Å². The van der Waals surface area contributed by atoms with Crippen LogP contribution in [0, 0.1) is 0 Å². The molecule has 0 atom stereocenters. The molecule has 0 fully saturated rings. The standard InChI is InChI=1S/C11H8BrClN4O/c12-6-1-2-7(8(14)5-6)11(18)15-10-4-3-9(13)16-17-10/h1-5H,14H2,(H,15,17,18). The third-order valence-corrected chi connectivity index (χ3v) is 2.83. The molecule has 1 heterocycles. The van der Waals surface area contributed by atoms with Crippen LogP contribution in [0.2, 0.25) is 5.15 Å². The Morgan fingerprint density at radius 1 is 1.28 bits per heavy atom. The van der Waals surface area contributed by atoms with E-state index in [9.17, 15) is 4.79 Å². The number of hydrogen-bond acceptors (Lipinski definition) is 4. The van der Waals surface area contributed by atoms with Gasteiger partial charge in [0.15, 0.2) is 11.0 Å².